The molecule has 0 unspecified atom stereocenters. The molecule has 0 fully saturated rings. The van der Waals surface area contributed by atoms with Crippen LogP contribution < -0.4 is 5.73 Å². The van der Waals surface area contributed by atoms with Crippen molar-refractivity contribution in [2.24, 2.45) is 7.05 Å². The van der Waals surface area contributed by atoms with Gasteiger partial charge in [-0.1, -0.05) is 0 Å². The van der Waals surface area contributed by atoms with E-state index in [9.17, 15) is 0 Å². The number of hydrogen-bond donors (Lipinski definition) is 1. The van der Waals surface area contributed by atoms with Crippen LogP contribution in [0.5, 0.6) is 0 Å². The van der Waals surface area contributed by atoms with Crippen LogP contribution in [0.15, 0.2) is 18.7 Å². The number of aryl methyl sites for hydroxylation is 2. The molecule has 0 saturated heterocycles. The van der Waals surface area contributed by atoms with E-state index in [0.717, 1.165) is 11.6 Å². The van der Waals surface area contributed by atoms with Crippen molar-refractivity contribution in [3.05, 3.63) is 24.5 Å². The van der Waals surface area contributed by atoms with Crippen molar-refractivity contribution in [3.63, 3.8) is 0 Å². The molecular formula is C8H11N5. The van der Waals surface area contributed by atoms with Gasteiger partial charge in [-0.15, -0.1) is 0 Å². The molecule has 2 heterocycles. The van der Waals surface area contributed by atoms with Gasteiger partial charge in [0.05, 0.1) is 6.33 Å². The summed E-state index contributed by atoms with van der Waals surface area (Å²) in [6, 6.07) is 0. The lowest BCUT2D eigenvalue weighted by molar-refractivity contribution is 0.821. The van der Waals surface area contributed by atoms with E-state index >= 15 is 0 Å². The van der Waals surface area contributed by atoms with Gasteiger partial charge >= 0.3 is 0 Å². The van der Waals surface area contributed by atoms with Gasteiger partial charge in [0.2, 0.25) is 0 Å². The monoisotopic (exact) mass is 177 g/mol. The first-order valence-corrected chi connectivity index (χ1v) is 3.97. The normalized spacial score (nSPS) is 10.6. The number of anilines is 1. The van der Waals surface area contributed by atoms with E-state index in [0.29, 0.717) is 5.82 Å². The minimum Gasteiger partial charge on any atom is -0.381 e. The smallest absolute Gasteiger partial charge is 0.167 e. The number of nitrogen functional groups attached to an aromatic ring is 1. The van der Waals surface area contributed by atoms with Crippen LogP contribution >= 0.6 is 0 Å². The third-order valence-corrected chi connectivity index (χ3v) is 1.99. The molecule has 2 rings (SSSR count). The summed E-state index contributed by atoms with van der Waals surface area (Å²) in [7, 11) is 1.90. The fourth-order valence-electron chi connectivity index (χ4n) is 1.34. The van der Waals surface area contributed by atoms with Crippen molar-refractivity contribution in [1.29, 1.82) is 0 Å². The summed E-state index contributed by atoms with van der Waals surface area (Å²) in [5.41, 5.74) is 5.72. The minimum atomic E-state index is 0.517. The average Bonchev–Trinajstić information content (AvgIpc) is 2.60. The number of nitrogens with two attached hydrogens (primary N) is 1. The Morgan fingerprint density at radius 2 is 2.15 bits per heavy atom. The predicted molar refractivity (Wildman–Crippen MR) is 49.5 cm³/mol. The molecule has 0 spiro atoms. The van der Waals surface area contributed by atoms with Crippen molar-refractivity contribution in [2.75, 3.05) is 5.73 Å². The van der Waals surface area contributed by atoms with Crippen LogP contribution in [0.4, 0.5) is 5.82 Å². The Morgan fingerprint density at radius 3 is 2.62 bits per heavy atom. The molecule has 0 bridgehead atoms. The first kappa shape index (κ1) is 7.85. The Kier molecular flexibility index (Phi) is 1.58. The number of hydrogen-bond acceptors (Lipinski definition) is 3. The second-order valence-corrected chi connectivity index (χ2v) is 2.91. The van der Waals surface area contributed by atoms with Crippen LogP contribution in [-0.4, -0.2) is 19.1 Å². The summed E-state index contributed by atoms with van der Waals surface area (Å²) in [6.07, 6.45) is 5.29. The maximum absolute atomic E-state index is 5.72. The highest BCUT2D eigenvalue weighted by atomic mass is 15.2. The molecule has 5 heteroatoms. The number of aromatic nitrogens is 4. The van der Waals surface area contributed by atoms with Gasteiger partial charge in [-0.05, 0) is 6.92 Å². The molecule has 0 saturated carbocycles. The van der Waals surface area contributed by atoms with E-state index in [1.807, 2.05) is 29.3 Å². The SMILES string of the molecule is Cc1nccn1-c1c(N)ncn1C. The van der Waals surface area contributed by atoms with Crippen LogP contribution in [0.1, 0.15) is 5.82 Å². The minimum absolute atomic E-state index is 0.517. The van der Waals surface area contributed by atoms with E-state index in [2.05, 4.69) is 9.97 Å². The lowest BCUT2D eigenvalue weighted by Gasteiger charge is -2.05. The molecule has 68 valence electrons. The van der Waals surface area contributed by atoms with Crippen molar-refractivity contribution >= 4 is 5.82 Å². The molecule has 0 aliphatic carbocycles. The highest BCUT2D eigenvalue weighted by Gasteiger charge is 2.08. The average molecular weight is 177 g/mol. The number of nitrogens with zero attached hydrogens (tertiary/aromatic N) is 4. The lowest BCUT2D eigenvalue weighted by Crippen LogP contribution is -2.04. The van der Waals surface area contributed by atoms with Crippen molar-refractivity contribution < 1.29 is 0 Å². The summed E-state index contributed by atoms with van der Waals surface area (Å²) >= 11 is 0. The van der Waals surface area contributed by atoms with E-state index in [4.69, 9.17) is 5.73 Å². The van der Waals surface area contributed by atoms with Gasteiger partial charge in [0.1, 0.15) is 5.82 Å². The quantitative estimate of drug-likeness (QED) is 0.689. The van der Waals surface area contributed by atoms with Gasteiger partial charge in [-0.3, -0.25) is 4.57 Å². The summed E-state index contributed by atoms with van der Waals surface area (Å²) in [5.74, 6) is 2.27. The van der Waals surface area contributed by atoms with Crippen molar-refractivity contribution in [2.45, 2.75) is 6.92 Å². The zero-order valence-electron chi connectivity index (χ0n) is 7.60. The summed E-state index contributed by atoms with van der Waals surface area (Å²) in [4.78, 5) is 8.13. The van der Waals surface area contributed by atoms with Gasteiger partial charge in [0.25, 0.3) is 0 Å². The van der Waals surface area contributed by atoms with Crippen molar-refractivity contribution in [3.8, 4) is 5.82 Å². The molecular weight excluding hydrogens is 166 g/mol. The lowest BCUT2D eigenvalue weighted by atomic mass is 10.5. The molecule has 0 radical (unpaired) electrons. The number of imidazole rings is 2. The van der Waals surface area contributed by atoms with Crippen LogP contribution in [0.25, 0.3) is 5.82 Å². The number of rotatable bonds is 1. The molecule has 13 heavy (non-hydrogen) atoms. The third kappa shape index (κ3) is 1.09. The van der Waals surface area contributed by atoms with E-state index in [1.165, 1.54) is 0 Å². The topological polar surface area (TPSA) is 61.7 Å². The third-order valence-electron chi connectivity index (χ3n) is 1.99. The highest BCUT2D eigenvalue weighted by molar-refractivity contribution is 5.48. The van der Waals surface area contributed by atoms with Crippen LogP contribution in [-0.2, 0) is 7.05 Å². The molecule has 2 aromatic rings. The maximum Gasteiger partial charge on any atom is 0.167 e. The largest absolute Gasteiger partial charge is 0.381 e. The predicted octanol–water partition coefficient (Wildman–Crippen LogP) is 0.496. The zero-order valence-corrected chi connectivity index (χ0v) is 7.60. The molecule has 2 aromatic heterocycles. The Morgan fingerprint density at radius 1 is 1.38 bits per heavy atom. The fraction of sp³-hybridized carbons (Fsp3) is 0.250. The molecule has 0 amide bonds. The second kappa shape index (κ2) is 2.62. The van der Waals surface area contributed by atoms with E-state index in [-0.39, 0.29) is 0 Å². The Bertz CT molecular complexity index is 406. The first-order valence-electron chi connectivity index (χ1n) is 3.97. The molecule has 0 atom stereocenters. The van der Waals surface area contributed by atoms with Gasteiger partial charge < -0.3 is 10.3 Å². The molecule has 0 aromatic carbocycles. The zero-order chi connectivity index (χ0) is 9.42. The van der Waals surface area contributed by atoms with Gasteiger partial charge in [-0.2, -0.15) is 0 Å². The molecule has 2 N–H and O–H groups in total. The summed E-state index contributed by atoms with van der Waals surface area (Å²) in [5, 5.41) is 0. The molecule has 5 nitrogen and oxygen atoms in total. The second-order valence-electron chi connectivity index (χ2n) is 2.91. The van der Waals surface area contributed by atoms with Gasteiger partial charge in [0, 0.05) is 19.4 Å². The van der Waals surface area contributed by atoms with Crippen LogP contribution in [0.3, 0.4) is 0 Å². The van der Waals surface area contributed by atoms with Gasteiger partial charge in [0.15, 0.2) is 11.6 Å². The van der Waals surface area contributed by atoms with E-state index < -0.39 is 0 Å². The van der Waals surface area contributed by atoms with Crippen LogP contribution in [0.2, 0.25) is 0 Å². The van der Waals surface area contributed by atoms with Crippen LogP contribution in [0, 0.1) is 6.92 Å². The molecule has 0 aliphatic rings. The molecule has 0 aliphatic heterocycles. The maximum atomic E-state index is 5.72. The fourth-order valence-corrected chi connectivity index (χ4v) is 1.34. The van der Waals surface area contributed by atoms with Gasteiger partial charge in [-0.25, -0.2) is 9.97 Å². The summed E-state index contributed by atoms with van der Waals surface area (Å²) < 4.78 is 3.77. The Labute approximate surface area is 75.8 Å². The standard InChI is InChI=1S/C8H11N5/c1-6-10-3-4-13(6)8-7(9)11-5-12(8)2/h3-5H,9H2,1-2H3. The highest BCUT2D eigenvalue weighted by Crippen LogP contribution is 2.15. The Balaban J connectivity index is 2.64. The Hall–Kier alpha value is -1.78. The summed E-state index contributed by atoms with van der Waals surface area (Å²) in [6.45, 7) is 1.92. The van der Waals surface area contributed by atoms with Crippen molar-refractivity contribution in [1.82, 2.24) is 19.1 Å². The van der Waals surface area contributed by atoms with E-state index in [1.54, 1.807) is 12.5 Å². The first-order chi connectivity index (χ1) is 6.20.